The highest BCUT2D eigenvalue weighted by molar-refractivity contribution is 6.35. The Morgan fingerprint density at radius 1 is 1.05 bits per heavy atom. The first kappa shape index (κ1) is 13.8. The number of benzene rings is 1. The lowest BCUT2D eigenvalue weighted by Crippen LogP contribution is -2.08. The molecule has 0 saturated heterocycles. The molecule has 0 saturated carbocycles. The van der Waals surface area contributed by atoms with E-state index in [-0.39, 0.29) is 5.56 Å². The van der Waals surface area contributed by atoms with Crippen LogP contribution in [0.3, 0.4) is 0 Å². The SMILES string of the molecule is Cc1nc(-c2cc(Cl)cc(Cl)c2)nc(C)c1C(=O)O. The summed E-state index contributed by atoms with van der Waals surface area (Å²) >= 11 is 11.9. The number of carboxylic acids is 1. The molecule has 6 heteroatoms. The minimum absolute atomic E-state index is 0.122. The number of carbonyl (C=O) groups is 1. The highest BCUT2D eigenvalue weighted by Crippen LogP contribution is 2.26. The summed E-state index contributed by atoms with van der Waals surface area (Å²) in [5, 5.41) is 10.0. The molecule has 2 aromatic rings. The van der Waals surface area contributed by atoms with Gasteiger partial charge in [-0.05, 0) is 32.0 Å². The Morgan fingerprint density at radius 2 is 1.53 bits per heavy atom. The molecule has 0 aliphatic rings. The predicted molar refractivity (Wildman–Crippen MR) is 73.9 cm³/mol. The molecule has 0 fully saturated rings. The zero-order chi connectivity index (χ0) is 14.2. The number of aryl methyl sites for hydroxylation is 2. The van der Waals surface area contributed by atoms with Gasteiger partial charge in [-0.15, -0.1) is 0 Å². The van der Waals surface area contributed by atoms with E-state index in [1.165, 1.54) is 0 Å². The zero-order valence-electron chi connectivity index (χ0n) is 10.2. The number of halogens is 2. The van der Waals surface area contributed by atoms with Crippen molar-refractivity contribution in [3.05, 3.63) is 45.2 Å². The van der Waals surface area contributed by atoms with E-state index in [1.54, 1.807) is 32.0 Å². The summed E-state index contributed by atoms with van der Waals surface area (Å²) in [5.74, 6) is -0.630. The van der Waals surface area contributed by atoms with E-state index in [1.807, 2.05) is 0 Å². The van der Waals surface area contributed by atoms with Crippen LogP contribution in [0.15, 0.2) is 18.2 Å². The fraction of sp³-hybridized carbons (Fsp3) is 0.154. The van der Waals surface area contributed by atoms with Crippen LogP contribution in [0.25, 0.3) is 11.4 Å². The van der Waals surface area contributed by atoms with E-state index in [9.17, 15) is 4.79 Å². The second kappa shape index (κ2) is 5.15. The number of rotatable bonds is 2. The highest BCUT2D eigenvalue weighted by Gasteiger charge is 2.15. The van der Waals surface area contributed by atoms with Crippen LogP contribution < -0.4 is 0 Å². The van der Waals surface area contributed by atoms with Gasteiger partial charge < -0.3 is 5.11 Å². The van der Waals surface area contributed by atoms with Crippen LogP contribution in [0.2, 0.25) is 10.0 Å². The molecule has 0 spiro atoms. The molecular weight excluding hydrogens is 287 g/mol. The molecule has 4 nitrogen and oxygen atoms in total. The first-order valence-electron chi connectivity index (χ1n) is 5.43. The summed E-state index contributed by atoms with van der Waals surface area (Å²) in [6.45, 7) is 3.27. The molecule has 1 aromatic carbocycles. The number of hydrogen-bond acceptors (Lipinski definition) is 3. The lowest BCUT2D eigenvalue weighted by Gasteiger charge is -2.08. The van der Waals surface area contributed by atoms with Crippen LogP contribution in [-0.2, 0) is 0 Å². The molecule has 1 heterocycles. The van der Waals surface area contributed by atoms with Crippen LogP contribution in [0.1, 0.15) is 21.7 Å². The Morgan fingerprint density at radius 3 is 1.95 bits per heavy atom. The second-order valence-electron chi connectivity index (χ2n) is 4.06. The molecule has 1 N–H and O–H groups in total. The van der Waals surface area contributed by atoms with Gasteiger partial charge in [0.1, 0.15) is 5.56 Å². The van der Waals surface area contributed by atoms with Crippen LogP contribution in [0, 0.1) is 13.8 Å². The van der Waals surface area contributed by atoms with Gasteiger partial charge >= 0.3 is 5.97 Å². The first-order valence-corrected chi connectivity index (χ1v) is 6.19. The van der Waals surface area contributed by atoms with Gasteiger partial charge in [0.2, 0.25) is 0 Å². The van der Waals surface area contributed by atoms with Crippen molar-refractivity contribution in [2.75, 3.05) is 0 Å². The van der Waals surface area contributed by atoms with Gasteiger partial charge in [0.15, 0.2) is 5.82 Å². The maximum Gasteiger partial charge on any atom is 0.339 e. The summed E-state index contributed by atoms with van der Waals surface area (Å²) in [7, 11) is 0. The molecule has 0 aliphatic heterocycles. The summed E-state index contributed by atoms with van der Waals surface area (Å²) < 4.78 is 0. The average Bonchev–Trinajstić information content (AvgIpc) is 2.25. The smallest absolute Gasteiger partial charge is 0.339 e. The molecule has 0 bridgehead atoms. The Labute approximate surface area is 120 Å². The summed E-state index contributed by atoms with van der Waals surface area (Å²) in [4.78, 5) is 19.5. The van der Waals surface area contributed by atoms with E-state index in [0.29, 0.717) is 32.8 Å². The Hall–Kier alpha value is -1.65. The number of aromatic carboxylic acids is 1. The Bertz CT molecular complexity index is 628. The topological polar surface area (TPSA) is 63.1 Å². The summed E-state index contributed by atoms with van der Waals surface area (Å²) in [6, 6.07) is 4.97. The van der Waals surface area contributed by atoms with Crippen LogP contribution in [0.5, 0.6) is 0 Å². The number of carboxylic acid groups (broad SMARTS) is 1. The van der Waals surface area contributed by atoms with Crippen molar-refractivity contribution in [2.45, 2.75) is 13.8 Å². The molecule has 0 unspecified atom stereocenters. The van der Waals surface area contributed by atoms with Gasteiger partial charge in [-0.3, -0.25) is 0 Å². The van der Waals surface area contributed by atoms with Gasteiger partial charge in [0, 0.05) is 15.6 Å². The van der Waals surface area contributed by atoms with Crippen molar-refractivity contribution >= 4 is 29.2 Å². The Balaban J connectivity index is 2.61. The standard InChI is InChI=1S/C13H10Cl2N2O2/c1-6-11(13(18)19)7(2)17-12(16-6)8-3-9(14)5-10(15)4-8/h3-5H,1-2H3,(H,18,19). The fourth-order valence-electron chi connectivity index (χ4n) is 1.84. The lowest BCUT2D eigenvalue weighted by molar-refractivity contribution is 0.0694. The molecule has 0 amide bonds. The van der Waals surface area contributed by atoms with Crippen molar-refractivity contribution < 1.29 is 9.90 Å². The molecule has 2 rings (SSSR count). The molecule has 19 heavy (non-hydrogen) atoms. The van der Waals surface area contributed by atoms with Gasteiger partial charge in [-0.1, -0.05) is 23.2 Å². The van der Waals surface area contributed by atoms with E-state index in [2.05, 4.69) is 9.97 Å². The summed E-state index contributed by atoms with van der Waals surface area (Å²) in [6.07, 6.45) is 0. The fourth-order valence-corrected chi connectivity index (χ4v) is 2.36. The van der Waals surface area contributed by atoms with Crippen LogP contribution >= 0.6 is 23.2 Å². The van der Waals surface area contributed by atoms with E-state index in [0.717, 1.165) is 0 Å². The second-order valence-corrected chi connectivity index (χ2v) is 4.93. The van der Waals surface area contributed by atoms with E-state index in [4.69, 9.17) is 28.3 Å². The van der Waals surface area contributed by atoms with Crippen molar-refractivity contribution in [2.24, 2.45) is 0 Å². The molecule has 0 radical (unpaired) electrons. The molecule has 0 atom stereocenters. The quantitative estimate of drug-likeness (QED) is 0.916. The molecular formula is C13H10Cl2N2O2. The van der Waals surface area contributed by atoms with Crippen LogP contribution in [-0.4, -0.2) is 21.0 Å². The van der Waals surface area contributed by atoms with Crippen molar-refractivity contribution in [3.8, 4) is 11.4 Å². The third kappa shape index (κ3) is 2.85. The highest BCUT2D eigenvalue weighted by atomic mass is 35.5. The van der Waals surface area contributed by atoms with E-state index < -0.39 is 5.97 Å². The number of hydrogen-bond donors (Lipinski definition) is 1. The minimum Gasteiger partial charge on any atom is -0.478 e. The lowest BCUT2D eigenvalue weighted by atomic mass is 10.1. The molecule has 0 aliphatic carbocycles. The number of nitrogens with zero attached hydrogens (tertiary/aromatic N) is 2. The Kier molecular flexibility index (Phi) is 3.73. The largest absolute Gasteiger partial charge is 0.478 e. The predicted octanol–water partition coefficient (Wildman–Crippen LogP) is 3.77. The van der Waals surface area contributed by atoms with Crippen LogP contribution in [0.4, 0.5) is 0 Å². The maximum atomic E-state index is 11.1. The summed E-state index contributed by atoms with van der Waals surface area (Å²) in [5.41, 5.74) is 1.59. The molecule has 1 aromatic heterocycles. The van der Waals surface area contributed by atoms with Gasteiger partial charge in [0.05, 0.1) is 11.4 Å². The van der Waals surface area contributed by atoms with Crippen molar-refractivity contribution in [1.82, 2.24) is 9.97 Å². The first-order chi connectivity index (χ1) is 8.88. The van der Waals surface area contributed by atoms with Gasteiger partial charge in [-0.2, -0.15) is 0 Å². The average molecular weight is 297 g/mol. The van der Waals surface area contributed by atoms with Gasteiger partial charge in [0.25, 0.3) is 0 Å². The normalized spacial score (nSPS) is 10.5. The van der Waals surface area contributed by atoms with Crippen molar-refractivity contribution in [3.63, 3.8) is 0 Å². The third-order valence-electron chi connectivity index (χ3n) is 2.61. The van der Waals surface area contributed by atoms with E-state index >= 15 is 0 Å². The zero-order valence-corrected chi connectivity index (χ0v) is 11.7. The monoisotopic (exact) mass is 296 g/mol. The van der Waals surface area contributed by atoms with Crippen molar-refractivity contribution in [1.29, 1.82) is 0 Å². The molecule has 98 valence electrons. The minimum atomic E-state index is -1.04. The third-order valence-corrected chi connectivity index (χ3v) is 3.04. The number of aromatic nitrogens is 2. The maximum absolute atomic E-state index is 11.1. The van der Waals surface area contributed by atoms with Gasteiger partial charge in [-0.25, -0.2) is 14.8 Å².